The van der Waals surface area contributed by atoms with Gasteiger partial charge in [0.2, 0.25) is 5.91 Å². The van der Waals surface area contributed by atoms with E-state index in [1.807, 2.05) is 29.7 Å². The third kappa shape index (κ3) is 2.92. The Morgan fingerprint density at radius 3 is 2.85 bits per heavy atom. The number of fused-ring (bicyclic) bond motifs is 1. The lowest BCUT2D eigenvalue weighted by Gasteiger charge is -2.09. The topological polar surface area (TPSA) is 72.9 Å². The van der Waals surface area contributed by atoms with E-state index in [2.05, 4.69) is 17.2 Å². The molecule has 0 aliphatic rings. The maximum atomic E-state index is 12.0. The average molecular weight is 274 g/mol. The van der Waals surface area contributed by atoms with E-state index in [-0.39, 0.29) is 5.91 Å². The molecule has 0 radical (unpaired) electrons. The molecule has 3 N–H and O–H groups in total. The quantitative estimate of drug-likeness (QED) is 0.792. The number of carbonyl (C=O) groups excluding carboxylic acids is 1. The van der Waals surface area contributed by atoms with Gasteiger partial charge < -0.3 is 15.6 Å². The summed E-state index contributed by atoms with van der Waals surface area (Å²) < 4.78 is 1.97. The predicted octanol–water partition coefficient (Wildman–Crippen LogP) is 2.10. The maximum absolute atomic E-state index is 12.0. The van der Waals surface area contributed by atoms with Gasteiger partial charge in [0.05, 0.1) is 11.2 Å². The van der Waals surface area contributed by atoms with Crippen LogP contribution in [0.1, 0.15) is 32.5 Å². The van der Waals surface area contributed by atoms with E-state index < -0.39 is 0 Å². The van der Waals surface area contributed by atoms with Crippen LogP contribution < -0.4 is 11.1 Å². The number of amides is 1. The van der Waals surface area contributed by atoms with Crippen molar-refractivity contribution in [1.29, 1.82) is 0 Å². The van der Waals surface area contributed by atoms with Gasteiger partial charge in [-0.1, -0.05) is 19.9 Å². The van der Waals surface area contributed by atoms with E-state index in [0.29, 0.717) is 18.8 Å². The number of nitrogens with one attached hydrogen (secondary N) is 1. The van der Waals surface area contributed by atoms with Crippen LogP contribution in [0.25, 0.3) is 11.0 Å². The molecule has 0 unspecified atom stereocenters. The molecule has 0 saturated carbocycles. The first kappa shape index (κ1) is 14.4. The second kappa shape index (κ2) is 6.41. The normalized spacial score (nSPS) is 10.9. The van der Waals surface area contributed by atoms with E-state index in [4.69, 9.17) is 5.73 Å². The number of aromatic nitrogens is 2. The van der Waals surface area contributed by atoms with Crippen molar-refractivity contribution in [3.05, 3.63) is 24.0 Å². The van der Waals surface area contributed by atoms with Crippen molar-refractivity contribution in [2.45, 2.75) is 39.7 Å². The average Bonchev–Trinajstić information content (AvgIpc) is 2.77. The van der Waals surface area contributed by atoms with Crippen LogP contribution in [0.15, 0.2) is 18.2 Å². The van der Waals surface area contributed by atoms with E-state index >= 15 is 0 Å². The van der Waals surface area contributed by atoms with Gasteiger partial charge in [-0.25, -0.2) is 4.98 Å². The van der Waals surface area contributed by atoms with Crippen LogP contribution in [0.4, 0.5) is 5.69 Å². The molecule has 0 bridgehead atoms. The number of benzene rings is 1. The summed E-state index contributed by atoms with van der Waals surface area (Å²) in [5.41, 5.74) is 8.35. The molecule has 1 heterocycles. The zero-order valence-electron chi connectivity index (χ0n) is 12.1. The fourth-order valence-electron chi connectivity index (χ4n) is 2.27. The fourth-order valence-corrected chi connectivity index (χ4v) is 2.27. The molecule has 1 aromatic carbocycles. The van der Waals surface area contributed by atoms with Crippen molar-refractivity contribution >= 4 is 22.6 Å². The number of hydrogen-bond acceptors (Lipinski definition) is 3. The molecule has 2 aromatic rings. The molecule has 0 spiro atoms. The minimum atomic E-state index is 0.0194. The van der Waals surface area contributed by atoms with E-state index in [1.54, 1.807) is 0 Å². The Bertz CT molecular complexity index is 603. The van der Waals surface area contributed by atoms with Gasteiger partial charge in [-0.2, -0.15) is 0 Å². The van der Waals surface area contributed by atoms with Crippen molar-refractivity contribution in [1.82, 2.24) is 14.9 Å². The van der Waals surface area contributed by atoms with Crippen LogP contribution in [-0.2, 0) is 17.8 Å². The minimum absolute atomic E-state index is 0.0194. The van der Waals surface area contributed by atoms with Gasteiger partial charge in [0, 0.05) is 13.0 Å². The molecular weight excluding hydrogens is 252 g/mol. The molecule has 2 rings (SSSR count). The van der Waals surface area contributed by atoms with Crippen molar-refractivity contribution in [3.63, 3.8) is 0 Å². The molecule has 0 aliphatic carbocycles. The van der Waals surface area contributed by atoms with Gasteiger partial charge in [-0.05, 0) is 25.0 Å². The number of anilines is 1. The minimum Gasteiger partial charge on any atom is -0.397 e. The van der Waals surface area contributed by atoms with Gasteiger partial charge in [0.15, 0.2) is 0 Å². The van der Waals surface area contributed by atoms with Gasteiger partial charge >= 0.3 is 0 Å². The SMILES string of the molecule is CCCNC(=O)Cn1c(CCC)nc2c(N)cccc21. The molecule has 0 fully saturated rings. The highest BCUT2D eigenvalue weighted by Crippen LogP contribution is 2.22. The van der Waals surface area contributed by atoms with Crippen LogP contribution in [0.5, 0.6) is 0 Å². The van der Waals surface area contributed by atoms with Crippen LogP contribution in [-0.4, -0.2) is 22.0 Å². The van der Waals surface area contributed by atoms with Crippen LogP contribution in [0.2, 0.25) is 0 Å². The van der Waals surface area contributed by atoms with Crippen molar-refractivity contribution in [3.8, 4) is 0 Å². The van der Waals surface area contributed by atoms with Crippen molar-refractivity contribution in [2.24, 2.45) is 0 Å². The lowest BCUT2D eigenvalue weighted by Crippen LogP contribution is -2.28. The third-order valence-electron chi connectivity index (χ3n) is 3.24. The van der Waals surface area contributed by atoms with E-state index in [9.17, 15) is 4.79 Å². The highest BCUT2D eigenvalue weighted by molar-refractivity contribution is 5.89. The molecule has 1 amide bonds. The van der Waals surface area contributed by atoms with Gasteiger partial charge in [-0.15, -0.1) is 0 Å². The Hall–Kier alpha value is -2.04. The smallest absolute Gasteiger partial charge is 0.240 e. The van der Waals surface area contributed by atoms with E-state index in [0.717, 1.165) is 36.1 Å². The number of nitrogens with two attached hydrogens (primary N) is 1. The monoisotopic (exact) mass is 274 g/mol. The lowest BCUT2D eigenvalue weighted by atomic mass is 10.2. The number of rotatable bonds is 6. The summed E-state index contributed by atoms with van der Waals surface area (Å²) in [6, 6.07) is 5.70. The van der Waals surface area contributed by atoms with Gasteiger partial charge in [0.25, 0.3) is 0 Å². The molecule has 0 saturated heterocycles. The number of imidazole rings is 1. The summed E-state index contributed by atoms with van der Waals surface area (Å²) in [5, 5.41) is 2.90. The van der Waals surface area contributed by atoms with Crippen molar-refractivity contribution in [2.75, 3.05) is 12.3 Å². The largest absolute Gasteiger partial charge is 0.397 e. The summed E-state index contributed by atoms with van der Waals surface area (Å²) in [6.07, 6.45) is 2.76. The lowest BCUT2D eigenvalue weighted by molar-refractivity contribution is -0.121. The maximum Gasteiger partial charge on any atom is 0.240 e. The second-order valence-corrected chi connectivity index (χ2v) is 4.93. The number of carbonyl (C=O) groups is 1. The second-order valence-electron chi connectivity index (χ2n) is 4.93. The molecule has 5 nitrogen and oxygen atoms in total. The first-order valence-corrected chi connectivity index (χ1v) is 7.17. The Morgan fingerprint density at radius 2 is 2.15 bits per heavy atom. The fraction of sp³-hybridized carbons (Fsp3) is 0.467. The molecule has 0 atom stereocenters. The predicted molar refractivity (Wildman–Crippen MR) is 81.4 cm³/mol. The number of nitrogen functional groups attached to an aromatic ring is 1. The zero-order valence-corrected chi connectivity index (χ0v) is 12.1. The number of nitrogens with zero attached hydrogens (tertiary/aromatic N) is 2. The summed E-state index contributed by atoms with van der Waals surface area (Å²) in [5.74, 6) is 0.943. The van der Waals surface area contributed by atoms with Crippen LogP contribution in [0.3, 0.4) is 0 Å². The summed E-state index contributed by atoms with van der Waals surface area (Å²) in [7, 11) is 0. The molecule has 108 valence electrons. The van der Waals surface area contributed by atoms with Gasteiger partial charge in [-0.3, -0.25) is 4.79 Å². The van der Waals surface area contributed by atoms with Crippen LogP contribution >= 0.6 is 0 Å². The number of para-hydroxylation sites is 1. The molecule has 20 heavy (non-hydrogen) atoms. The van der Waals surface area contributed by atoms with E-state index in [1.165, 1.54) is 0 Å². The summed E-state index contributed by atoms with van der Waals surface area (Å²) in [6.45, 7) is 5.15. The Balaban J connectivity index is 2.36. The first-order chi connectivity index (χ1) is 9.67. The zero-order chi connectivity index (χ0) is 14.5. The number of hydrogen-bond donors (Lipinski definition) is 2. The van der Waals surface area contributed by atoms with Crippen molar-refractivity contribution < 1.29 is 4.79 Å². The van der Waals surface area contributed by atoms with Crippen LogP contribution in [0, 0.1) is 0 Å². The summed E-state index contributed by atoms with van der Waals surface area (Å²) in [4.78, 5) is 16.6. The molecule has 0 aliphatic heterocycles. The highest BCUT2D eigenvalue weighted by atomic mass is 16.1. The standard InChI is InChI=1S/C15H22N4O/c1-3-6-13-18-15-11(16)7-5-8-12(15)19(13)10-14(20)17-9-4-2/h5,7-8H,3-4,6,9-10,16H2,1-2H3,(H,17,20). The summed E-state index contributed by atoms with van der Waals surface area (Å²) >= 11 is 0. The Labute approximate surface area is 119 Å². The first-order valence-electron chi connectivity index (χ1n) is 7.17. The highest BCUT2D eigenvalue weighted by Gasteiger charge is 2.14. The number of aryl methyl sites for hydroxylation is 1. The third-order valence-corrected chi connectivity index (χ3v) is 3.24. The molecular formula is C15H22N4O. The molecule has 1 aromatic heterocycles. The van der Waals surface area contributed by atoms with Gasteiger partial charge in [0.1, 0.15) is 17.9 Å². The molecule has 5 heteroatoms. The Morgan fingerprint density at radius 1 is 1.35 bits per heavy atom. The Kier molecular flexibility index (Phi) is 4.61.